The zero-order valence-electron chi connectivity index (χ0n) is 14.1. The highest BCUT2D eigenvalue weighted by Crippen LogP contribution is 2.30. The molecular formula is C16H33N3S. The van der Waals surface area contributed by atoms with Crippen molar-refractivity contribution in [2.45, 2.75) is 58.2 Å². The van der Waals surface area contributed by atoms with Crippen LogP contribution >= 0.6 is 11.8 Å². The van der Waals surface area contributed by atoms with Crippen LogP contribution in [0, 0.1) is 11.8 Å². The van der Waals surface area contributed by atoms with Crippen molar-refractivity contribution < 1.29 is 0 Å². The Labute approximate surface area is 130 Å². The molecule has 0 amide bonds. The maximum atomic E-state index is 4.74. The van der Waals surface area contributed by atoms with Crippen molar-refractivity contribution in [1.82, 2.24) is 10.2 Å². The zero-order valence-corrected chi connectivity index (χ0v) is 15.0. The summed E-state index contributed by atoms with van der Waals surface area (Å²) in [6.07, 6.45) is 3.74. The Morgan fingerprint density at radius 2 is 1.95 bits per heavy atom. The summed E-state index contributed by atoms with van der Waals surface area (Å²) in [6, 6.07) is 0.511. The van der Waals surface area contributed by atoms with Crippen molar-refractivity contribution in [1.29, 1.82) is 0 Å². The second kappa shape index (κ2) is 8.93. The maximum Gasteiger partial charge on any atom is 0.157 e. The second-order valence-corrected chi connectivity index (χ2v) is 7.84. The number of likely N-dealkylation sites (N-methyl/N-ethyl adjacent to an activating group) is 1. The molecule has 0 bridgehead atoms. The van der Waals surface area contributed by atoms with Gasteiger partial charge in [-0.1, -0.05) is 52.3 Å². The van der Waals surface area contributed by atoms with E-state index in [1.165, 1.54) is 24.4 Å². The van der Waals surface area contributed by atoms with E-state index in [4.69, 9.17) is 4.99 Å². The van der Waals surface area contributed by atoms with Gasteiger partial charge in [0.15, 0.2) is 5.17 Å². The van der Waals surface area contributed by atoms with E-state index in [1.54, 1.807) is 0 Å². The third-order valence-corrected chi connectivity index (χ3v) is 5.23. The summed E-state index contributed by atoms with van der Waals surface area (Å²) in [5.41, 5.74) is 0. The number of thioether (sulfide) groups is 1. The molecule has 0 aromatic carbocycles. The highest BCUT2D eigenvalue weighted by atomic mass is 32.2. The number of nitrogens with zero attached hydrogens (tertiary/aromatic N) is 2. The lowest BCUT2D eigenvalue weighted by molar-refractivity contribution is 0.329. The zero-order chi connectivity index (χ0) is 15.1. The maximum absolute atomic E-state index is 4.74. The van der Waals surface area contributed by atoms with E-state index in [9.17, 15) is 0 Å². The van der Waals surface area contributed by atoms with E-state index in [1.807, 2.05) is 11.8 Å². The van der Waals surface area contributed by atoms with Gasteiger partial charge in [0.1, 0.15) is 0 Å². The topological polar surface area (TPSA) is 27.6 Å². The Kier molecular flexibility index (Phi) is 7.96. The van der Waals surface area contributed by atoms with Crippen LogP contribution in [0.25, 0.3) is 0 Å². The molecule has 1 rings (SSSR count). The Morgan fingerprint density at radius 3 is 2.45 bits per heavy atom. The molecule has 0 saturated carbocycles. The number of hydrogen-bond acceptors (Lipinski definition) is 4. The fourth-order valence-corrected chi connectivity index (χ4v) is 4.29. The van der Waals surface area contributed by atoms with Gasteiger partial charge in [-0.05, 0) is 32.4 Å². The molecule has 20 heavy (non-hydrogen) atoms. The standard InChI is InChI=1S/C16H33N3S/c1-7-13(8-2)15-10-17-16(20-15)18-14(9-12(3)4)11-19(5)6/h12-15H,7-11H2,1-6H3,(H,17,18). The van der Waals surface area contributed by atoms with Crippen molar-refractivity contribution in [3.63, 3.8) is 0 Å². The van der Waals surface area contributed by atoms with Gasteiger partial charge in [0.25, 0.3) is 0 Å². The van der Waals surface area contributed by atoms with Crippen LogP contribution in [-0.2, 0) is 0 Å². The SMILES string of the molecule is CCC(CC)C1CN=C(NC(CC(C)C)CN(C)C)S1. The molecule has 2 atom stereocenters. The smallest absolute Gasteiger partial charge is 0.157 e. The van der Waals surface area contributed by atoms with Crippen LogP contribution in [0.1, 0.15) is 47.0 Å². The number of amidine groups is 1. The fourth-order valence-electron chi connectivity index (χ4n) is 2.89. The Morgan fingerprint density at radius 1 is 1.30 bits per heavy atom. The summed E-state index contributed by atoms with van der Waals surface area (Å²) in [4.78, 5) is 7.00. The third-order valence-electron chi connectivity index (χ3n) is 3.92. The fraction of sp³-hybridized carbons (Fsp3) is 0.938. The van der Waals surface area contributed by atoms with Gasteiger partial charge >= 0.3 is 0 Å². The summed E-state index contributed by atoms with van der Waals surface area (Å²) in [5, 5.41) is 5.54. The van der Waals surface area contributed by atoms with Crippen LogP contribution in [0.2, 0.25) is 0 Å². The number of nitrogens with one attached hydrogen (secondary N) is 1. The summed E-state index contributed by atoms with van der Waals surface area (Å²) in [7, 11) is 4.29. The van der Waals surface area contributed by atoms with Gasteiger partial charge in [-0.25, -0.2) is 0 Å². The van der Waals surface area contributed by atoms with E-state index in [0.717, 1.165) is 19.0 Å². The second-order valence-electron chi connectivity index (χ2n) is 6.61. The van der Waals surface area contributed by atoms with Crippen LogP contribution in [0.4, 0.5) is 0 Å². The van der Waals surface area contributed by atoms with E-state index < -0.39 is 0 Å². The lowest BCUT2D eigenvalue weighted by Gasteiger charge is -2.25. The van der Waals surface area contributed by atoms with E-state index in [2.05, 4.69) is 52.0 Å². The van der Waals surface area contributed by atoms with Crippen LogP contribution < -0.4 is 5.32 Å². The molecule has 4 heteroatoms. The first-order valence-corrected chi connectivity index (χ1v) is 8.96. The molecular weight excluding hydrogens is 266 g/mol. The van der Waals surface area contributed by atoms with Crippen LogP contribution in [-0.4, -0.2) is 48.5 Å². The molecule has 2 unspecified atom stereocenters. The van der Waals surface area contributed by atoms with Crippen LogP contribution in [0.3, 0.4) is 0 Å². The molecule has 0 saturated heterocycles. The Hall–Kier alpha value is -0.220. The molecule has 1 N–H and O–H groups in total. The van der Waals surface area contributed by atoms with Crippen LogP contribution in [0.15, 0.2) is 4.99 Å². The van der Waals surface area contributed by atoms with Gasteiger partial charge in [0.05, 0.1) is 6.54 Å². The minimum Gasteiger partial charge on any atom is -0.361 e. The molecule has 0 spiro atoms. The Balaban J connectivity index is 2.49. The van der Waals surface area contributed by atoms with Gasteiger partial charge in [0, 0.05) is 17.8 Å². The molecule has 0 aromatic rings. The van der Waals surface area contributed by atoms with Gasteiger partial charge in [-0.3, -0.25) is 4.99 Å². The van der Waals surface area contributed by atoms with Crippen molar-refractivity contribution in [2.75, 3.05) is 27.2 Å². The van der Waals surface area contributed by atoms with Crippen molar-refractivity contribution in [3.8, 4) is 0 Å². The number of rotatable bonds is 8. The monoisotopic (exact) mass is 299 g/mol. The van der Waals surface area contributed by atoms with Gasteiger partial charge in [0.2, 0.25) is 0 Å². The van der Waals surface area contributed by atoms with Gasteiger partial charge in [-0.2, -0.15) is 0 Å². The quantitative estimate of drug-likeness (QED) is 0.744. The largest absolute Gasteiger partial charge is 0.361 e. The molecule has 0 aromatic heterocycles. The third kappa shape index (κ3) is 6.04. The first kappa shape index (κ1) is 17.8. The first-order valence-electron chi connectivity index (χ1n) is 8.08. The highest BCUT2D eigenvalue weighted by Gasteiger charge is 2.27. The predicted octanol–water partition coefficient (Wildman–Crippen LogP) is 3.46. The summed E-state index contributed by atoms with van der Waals surface area (Å²) in [6.45, 7) is 11.3. The number of aliphatic imine (C=N–C) groups is 1. The van der Waals surface area contributed by atoms with Crippen molar-refractivity contribution in [3.05, 3.63) is 0 Å². The van der Waals surface area contributed by atoms with E-state index in [0.29, 0.717) is 17.2 Å². The summed E-state index contributed by atoms with van der Waals surface area (Å²) < 4.78 is 0. The lowest BCUT2D eigenvalue weighted by atomic mass is 9.99. The summed E-state index contributed by atoms with van der Waals surface area (Å²) in [5.74, 6) is 1.52. The van der Waals surface area contributed by atoms with Gasteiger partial charge < -0.3 is 10.2 Å². The molecule has 1 aliphatic heterocycles. The molecule has 0 radical (unpaired) electrons. The van der Waals surface area contributed by atoms with E-state index in [-0.39, 0.29) is 0 Å². The van der Waals surface area contributed by atoms with Crippen molar-refractivity contribution in [2.24, 2.45) is 16.8 Å². The minimum absolute atomic E-state index is 0.511. The normalized spacial score (nSPS) is 20.9. The average Bonchev–Trinajstić information content (AvgIpc) is 2.77. The Bertz CT molecular complexity index is 288. The average molecular weight is 300 g/mol. The minimum atomic E-state index is 0.511. The first-order chi connectivity index (χ1) is 9.46. The summed E-state index contributed by atoms with van der Waals surface area (Å²) >= 11 is 1.97. The molecule has 3 nitrogen and oxygen atoms in total. The molecule has 0 aliphatic carbocycles. The number of hydrogen-bond donors (Lipinski definition) is 1. The van der Waals surface area contributed by atoms with E-state index >= 15 is 0 Å². The highest BCUT2D eigenvalue weighted by molar-refractivity contribution is 8.14. The van der Waals surface area contributed by atoms with Crippen LogP contribution in [0.5, 0.6) is 0 Å². The molecule has 1 heterocycles. The molecule has 0 fully saturated rings. The van der Waals surface area contributed by atoms with Crippen molar-refractivity contribution >= 4 is 16.9 Å². The molecule has 118 valence electrons. The predicted molar refractivity (Wildman–Crippen MR) is 92.7 cm³/mol. The molecule has 1 aliphatic rings. The lowest BCUT2D eigenvalue weighted by Crippen LogP contribution is -2.41. The van der Waals surface area contributed by atoms with Gasteiger partial charge in [-0.15, -0.1) is 0 Å².